The lowest BCUT2D eigenvalue weighted by Gasteiger charge is -2.22. The Labute approximate surface area is 99.6 Å². The van der Waals surface area contributed by atoms with Gasteiger partial charge < -0.3 is 9.47 Å². The number of rotatable bonds is 7. The van der Waals surface area contributed by atoms with Crippen molar-refractivity contribution in [3.8, 4) is 0 Å². The first-order valence-corrected chi connectivity index (χ1v) is 7.12. The lowest BCUT2D eigenvalue weighted by molar-refractivity contribution is -0.161. The second-order valence-corrected chi connectivity index (χ2v) is 4.65. The summed E-state index contributed by atoms with van der Waals surface area (Å²) in [5.74, 6) is 0. The van der Waals surface area contributed by atoms with Crippen LogP contribution in [0.3, 0.4) is 0 Å². The number of hydrogen-bond acceptors (Lipinski definition) is 4. The van der Waals surface area contributed by atoms with E-state index in [1.807, 2.05) is 12.2 Å². The fourth-order valence-electron chi connectivity index (χ4n) is 1.43. The van der Waals surface area contributed by atoms with Gasteiger partial charge in [0.15, 0.2) is 17.4 Å². The molecule has 0 aromatic heterocycles. The molecule has 16 heavy (non-hydrogen) atoms. The highest BCUT2D eigenvalue weighted by Gasteiger charge is 2.12. The monoisotopic (exact) mass is 248 g/mol. The third-order valence-corrected chi connectivity index (χ3v) is 2.69. The highest BCUT2D eigenvalue weighted by Crippen LogP contribution is 2.13. The van der Waals surface area contributed by atoms with Gasteiger partial charge in [-0.2, -0.15) is 0 Å². The summed E-state index contributed by atoms with van der Waals surface area (Å²) in [6.07, 6.45) is 9.49. The SMILES string of the molecule is CS(=O)OC/C=C\CCOC1CCCCO1. The van der Waals surface area contributed by atoms with Gasteiger partial charge >= 0.3 is 0 Å². The van der Waals surface area contributed by atoms with Crippen molar-refractivity contribution in [3.05, 3.63) is 12.2 Å². The van der Waals surface area contributed by atoms with Gasteiger partial charge in [0.1, 0.15) is 0 Å². The van der Waals surface area contributed by atoms with Crippen molar-refractivity contribution in [2.45, 2.75) is 32.0 Å². The van der Waals surface area contributed by atoms with Gasteiger partial charge in [-0.15, -0.1) is 0 Å². The van der Waals surface area contributed by atoms with E-state index in [-0.39, 0.29) is 6.29 Å². The van der Waals surface area contributed by atoms with E-state index in [0.717, 1.165) is 25.9 Å². The van der Waals surface area contributed by atoms with Crippen LogP contribution >= 0.6 is 0 Å². The average molecular weight is 248 g/mol. The van der Waals surface area contributed by atoms with Gasteiger partial charge in [0, 0.05) is 12.9 Å². The minimum Gasteiger partial charge on any atom is -0.353 e. The Balaban J connectivity index is 1.92. The van der Waals surface area contributed by atoms with E-state index in [4.69, 9.17) is 13.7 Å². The molecule has 0 aliphatic carbocycles. The summed E-state index contributed by atoms with van der Waals surface area (Å²) in [6, 6.07) is 0. The largest absolute Gasteiger partial charge is 0.353 e. The van der Waals surface area contributed by atoms with Crippen LogP contribution in [0.25, 0.3) is 0 Å². The molecule has 1 aliphatic heterocycles. The predicted octanol–water partition coefficient (Wildman–Crippen LogP) is 1.79. The summed E-state index contributed by atoms with van der Waals surface area (Å²) >= 11 is -1.18. The van der Waals surface area contributed by atoms with Crippen LogP contribution in [0.15, 0.2) is 12.2 Å². The summed E-state index contributed by atoms with van der Waals surface area (Å²) in [7, 11) is 0. The zero-order chi connectivity index (χ0) is 11.6. The minimum atomic E-state index is -1.18. The van der Waals surface area contributed by atoms with Crippen LogP contribution in [0.4, 0.5) is 0 Å². The lowest BCUT2D eigenvalue weighted by Crippen LogP contribution is -2.22. The Bertz CT molecular complexity index is 224. The first-order chi connectivity index (χ1) is 7.79. The van der Waals surface area contributed by atoms with Crippen LogP contribution < -0.4 is 0 Å². The van der Waals surface area contributed by atoms with Gasteiger partial charge in [-0.25, -0.2) is 4.21 Å². The van der Waals surface area contributed by atoms with Crippen molar-refractivity contribution in [1.82, 2.24) is 0 Å². The number of hydrogen-bond donors (Lipinski definition) is 0. The molecule has 0 spiro atoms. The standard InChI is InChI=1S/C11H20O4S/c1-16(12)15-10-5-2-4-8-13-11-7-3-6-9-14-11/h2,5,11H,3-4,6-10H2,1H3/b5-2-. The third-order valence-electron chi connectivity index (χ3n) is 2.22. The minimum absolute atomic E-state index is 0.0125. The van der Waals surface area contributed by atoms with E-state index in [2.05, 4.69) is 0 Å². The highest BCUT2D eigenvalue weighted by atomic mass is 32.2. The van der Waals surface area contributed by atoms with E-state index in [1.54, 1.807) is 0 Å². The van der Waals surface area contributed by atoms with E-state index in [1.165, 1.54) is 12.7 Å². The smallest absolute Gasteiger partial charge is 0.157 e. The van der Waals surface area contributed by atoms with Crippen LogP contribution in [0.5, 0.6) is 0 Å². The Hall–Kier alpha value is -0.230. The van der Waals surface area contributed by atoms with Crippen LogP contribution in [0, 0.1) is 0 Å². The Kier molecular flexibility index (Phi) is 7.67. The fourth-order valence-corrected chi connectivity index (χ4v) is 1.70. The van der Waals surface area contributed by atoms with Gasteiger partial charge in [0.25, 0.3) is 0 Å². The molecular weight excluding hydrogens is 228 g/mol. The second kappa shape index (κ2) is 8.87. The molecule has 1 fully saturated rings. The molecule has 0 aromatic rings. The molecule has 1 rings (SSSR count). The second-order valence-electron chi connectivity index (χ2n) is 3.61. The Morgan fingerprint density at radius 1 is 1.44 bits per heavy atom. The van der Waals surface area contributed by atoms with Crippen molar-refractivity contribution in [3.63, 3.8) is 0 Å². The summed E-state index contributed by atoms with van der Waals surface area (Å²) in [5, 5.41) is 0. The van der Waals surface area contributed by atoms with Crippen molar-refractivity contribution >= 4 is 11.1 Å². The van der Waals surface area contributed by atoms with Gasteiger partial charge in [-0.3, -0.25) is 4.18 Å². The number of ether oxygens (including phenoxy) is 2. The molecule has 1 aliphatic rings. The Morgan fingerprint density at radius 3 is 3.00 bits per heavy atom. The highest BCUT2D eigenvalue weighted by molar-refractivity contribution is 7.79. The summed E-state index contributed by atoms with van der Waals surface area (Å²) in [4.78, 5) is 0. The van der Waals surface area contributed by atoms with Crippen LogP contribution in [-0.2, 0) is 24.7 Å². The molecule has 2 unspecified atom stereocenters. The zero-order valence-electron chi connectivity index (χ0n) is 9.72. The van der Waals surface area contributed by atoms with Crippen LogP contribution in [-0.4, -0.2) is 36.6 Å². The Morgan fingerprint density at radius 2 is 2.31 bits per heavy atom. The molecule has 0 amide bonds. The summed E-state index contributed by atoms with van der Waals surface area (Å²) < 4.78 is 26.4. The van der Waals surface area contributed by atoms with Crippen LogP contribution in [0.2, 0.25) is 0 Å². The third kappa shape index (κ3) is 7.11. The predicted molar refractivity (Wildman–Crippen MR) is 63.3 cm³/mol. The quantitative estimate of drug-likeness (QED) is 0.509. The average Bonchev–Trinajstić information content (AvgIpc) is 2.29. The molecule has 0 bridgehead atoms. The molecule has 0 radical (unpaired) electrons. The van der Waals surface area contributed by atoms with Gasteiger partial charge in [-0.05, 0) is 25.7 Å². The first kappa shape index (κ1) is 13.8. The van der Waals surface area contributed by atoms with Crippen molar-refractivity contribution in [2.24, 2.45) is 0 Å². The topological polar surface area (TPSA) is 44.8 Å². The van der Waals surface area contributed by atoms with E-state index in [0.29, 0.717) is 13.2 Å². The van der Waals surface area contributed by atoms with Gasteiger partial charge in [0.2, 0.25) is 0 Å². The van der Waals surface area contributed by atoms with E-state index >= 15 is 0 Å². The molecule has 1 saturated heterocycles. The first-order valence-electron chi connectivity index (χ1n) is 5.64. The normalized spacial score (nSPS) is 23.7. The molecule has 0 aromatic carbocycles. The van der Waals surface area contributed by atoms with Crippen LogP contribution in [0.1, 0.15) is 25.7 Å². The molecule has 0 saturated carbocycles. The molecule has 94 valence electrons. The molecule has 0 N–H and O–H groups in total. The van der Waals surface area contributed by atoms with Crippen molar-refractivity contribution in [2.75, 3.05) is 26.1 Å². The lowest BCUT2D eigenvalue weighted by atomic mass is 10.2. The summed E-state index contributed by atoms with van der Waals surface area (Å²) in [5.41, 5.74) is 0. The molecular formula is C11H20O4S. The van der Waals surface area contributed by atoms with E-state index in [9.17, 15) is 4.21 Å². The molecule has 2 atom stereocenters. The maximum Gasteiger partial charge on any atom is 0.157 e. The molecule has 1 heterocycles. The molecule has 5 heteroatoms. The van der Waals surface area contributed by atoms with Gasteiger partial charge in [-0.1, -0.05) is 12.2 Å². The maximum atomic E-state index is 10.6. The summed E-state index contributed by atoms with van der Waals surface area (Å²) in [6.45, 7) is 1.87. The van der Waals surface area contributed by atoms with Crippen molar-refractivity contribution in [1.29, 1.82) is 0 Å². The van der Waals surface area contributed by atoms with Crippen molar-refractivity contribution < 1.29 is 17.9 Å². The maximum absolute atomic E-state index is 10.6. The van der Waals surface area contributed by atoms with E-state index < -0.39 is 11.1 Å². The zero-order valence-corrected chi connectivity index (χ0v) is 10.5. The van der Waals surface area contributed by atoms with Gasteiger partial charge in [0.05, 0.1) is 13.2 Å². The fraction of sp³-hybridized carbons (Fsp3) is 0.818. The molecule has 4 nitrogen and oxygen atoms in total.